The Morgan fingerprint density at radius 2 is 2.12 bits per heavy atom. The molecule has 1 amide bonds. The van der Waals surface area contributed by atoms with E-state index in [0.717, 1.165) is 17.7 Å². The molecule has 2 aromatic rings. The van der Waals surface area contributed by atoms with Crippen molar-refractivity contribution < 1.29 is 18.3 Å². The number of carbonyl (C=O) groups excluding carboxylic acids is 1. The summed E-state index contributed by atoms with van der Waals surface area (Å²) in [6.07, 6.45) is 3.72. The molecule has 1 aliphatic heterocycles. The topological polar surface area (TPSA) is 68.2 Å². The van der Waals surface area contributed by atoms with Gasteiger partial charge >= 0.3 is 6.61 Å². The molecule has 142 valence electrons. The number of rotatable bonds is 6. The highest BCUT2D eigenvalue weighted by atomic mass is 35.5. The lowest BCUT2D eigenvalue weighted by Crippen LogP contribution is -2.33. The fraction of sp³-hybridized carbons (Fsp3) is 0.412. The molecular weight excluding hydrogens is 366 g/mol. The summed E-state index contributed by atoms with van der Waals surface area (Å²) >= 11 is 0. The summed E-state index contributed by atoms with van der Waals surface area (Å²) in [5, 5.41) is 10.3. The molecule has 9 heteroatoms. The minimum absolute atomic E-state index is 0. The molecular formula is C17H21ClF2N4O2. The number of hydrogen-bond donors (Lipinski definition) is 2. The van der Waals surface area contributed by atoms with Crippen molar-refractivity contribution in [3.8, 4) is 5.75 Å². The van der Waals surface area contributed by atoms with Crippen LogP contribution in [0.1, 0.15) is 17.0 Å². The molecule has 1 aromatic heterocycles. The van der Waals surface area contributed by atoms with Gasteiger partial charge in [0.2, 0.25) is 5.91 Å². The fourth-order valence-corrected chi connectivity index (χ4v) is 3.05. The predicted octanol–water partition coefficient (Wildman–Crippen LogP) is 2.06. The fourth-order valence-electron chi connectivity index (χ4n) is 3.05. The van der Waals surface area contributed by atoms with E-state index in [2.05, 4.69) is 20.5 Å². The highest BCUT2D eigenvalue weighted by Crippen LogP contribution is 2.28. The van der Waals surface area contributed by atoms with E-state index in [9.17, 15) is 13.6 Å². The Morgan fingerprint density at radius 3 is 2.73 bits per heavy atom. The molecule has 0 radical (unpaired) electrons. The zero-order valence-corrected chi connectivity index (χ0v) is 15.0. The third-order valence-electron chi connectivity index (χ3n) is 4.32. The van der Waals surface area contributed by atoms with Gasteiger partial charge in [0.25, 0.3) is 0 Å². The first-order valence-corrected chi connectivity index (χ1v) is 8.03. The van der Waals surface area contributed by atoms with E-state index in [1.807, 2.05) is 13.2 Å². The van der Waals surface area contributed by atoms with Gasteiger partial charge in [0.1, 0.15) is 5.75 Å². The number of aryl methyl sites for hydroxylation is 1. The summed E-state index contributed by atoms with van der Waals surface area (Å²) in [4.78, 5) is 12.5. The second-order valence-electron chi connectivity index (χ2n) is 6.06. The van der Waals surface area contributed by atoms with E-state index in [4.69, 9.17) is 0 Å². The number of halogens is 3. The van der Waals surface area contributed by atoms with Crippen molar-refractivity contribution >= 4 is 18.3 Å². The Labute approximate surface area is 156 Å². The monoisotopic (exact) mass is 386 g/mol. The SMILES string of the molecule is Cl.Cn1cc([C@H]2CNC[C@@H]2C(=O)NCc2ccc(OC(F)F)cc2)cn1. The molecule has 1 aromatic carbocycles. The maximum atomic E-state index is 12.5. The minimum atomic E-state index is -2.84. The number of ether oxygens (including phenoxy) is 1. The number of amides is 1. The molecule has 0 spiro atoms. The molecule has 0 bridgehead atoms. The molecule has 1 saturated heterocycles. The third kappa shape index (κ3) is 4.92. The minimum Gasteiger partial charge on any atom is -0.435 e. The number of hydrogen-bond acceptors (Lipinski definition) is 4. The van der Waals surface area contributed by atoms with Gasteiger partial charge in [-0.3, -0.25) is 9.48 Å². The van der Waals surface area contributed by atoms with Crippen LogP contribution in [0.15, 0.2) is 36.7 Å². The Hall–Kier alpha value is -2.19. The smallest absolute Gasteiger partial charge is 0.387 e. The van der Waals surface area contributed by atoms with Crippen LogP contribution in [0.25, 0.3) is 0 Å². The Bertz CT molecular complexity index is 724. The zero-order chi connectivity index (χ0) is 17.8. The highest BCUT2D eigenvalue weighted by molar-refractivity contribution is 5.85. The maximum Gasteiger partial charge on any atom is 0.387 e. The molecule has 2 heterocycles. The van der Waals surface area contributed by atoms with Crippen LogP contribution in [0.5, 0.6) is 5.75 Å². The summed E-state index contributed by atoms with van der Waals surface area (Å²) in [5.41, 5.74) is 1.86. The van der Waals surface area contributed by atoms with Crippen LogP contribution in [-0.2, 0) is 18.4 Å². The Balaban J connectivity index is 0.00000243. The van der Waals surface area contributed by atoms with E-state index in [-0.39, 0.29) is 35.9 Å². The normalized spacial score (nSPS) is 19.2. The molecule has 0 aliphatic carbocycles. The summed E-state index contributed by atoms with van der Waals surface area (Å²) in [6.45, 7) is -1.15. The van der Waals surface area contributed by atoms with Crippen molar-refractivity contribution in [1.82, 2.24) is 20.4 Å². The van der Waals surface area contributed by atoms with Gasteiger partial charge in [-0.25, -0.2) is 0 Å². The van der Waals surface area contributed by atoms with Crippen LogP contribution in [-0.4, -0.2) is 35.4 Å². The largest absolute Gasteiger partial charge is 0.435 e. The van der Waals surface area contributed by atoms with E-state index >= 15 is 0 Å². The van der Waals surface area contributed by atoms with Gasteiger partial charge in [-0.15, -0.1) is 12.4 Å². The van der Waals surface area contributed by atoms with Crippen molar-refractivity contribution in [2.45, 2.75) is 19.1 Å². The van der Waals surface area contributed by atoms with Gasteiger partial charge in [0, 0.05) is 38.8 Å². The first kappa shape index (κ1) is 20.1. The van der Waals surface area contributed by atoms with E-state index in [1.54, 1.807) is 23.0 Å². The third-order valence-corrected chi connectivity index (χ3v) is 4.32. The molecule has 0 saturated carbocycles. The van der Waals surface area contributed by atoms with Gasteiger partial charge in [0.05, 0.1) is 12.1 Å². The molecule has 6 nitrogen and oxygen atoms in total. The highest BCUT2D eigenvalue weighted by Gasteiger charge is 2.34. The van der Waals surface area contributed by atoms with Gasteiger partial charge in [-0.2, -0.15) is 13.9 Å². The summed E-state index contributed by atoms with van der Waals surface area (Å²) in [7, 11) is 1.85. The maximum absolute atomic E-state index is 12.5. The van der Waals surface area contributed by atoms with Crippen LogP contribution in [0.3, 0.4) is 0 Å². The van der Waals surface area contributed by atoms with Crippen molar-refractivity contribution in [2.24, 2.45) is 13.0 Å². The lowest BCUT2D eigenvalue weighted by Gasteiger charge is -2.17. The van der Waals surface area contributed by atoms with Gasteiger partial charge < -0.3 is 15.4 Å². The standard InChI is InChI=1S/C17H20F2N4O2.ClH/c1-23-10-12(7-22-23)14-8-20-9-15(14)16(24)21-6-11-2-4-13(5-3-11)25-17(18)19;/h2-5,7,10,14-15,17,20H,6,8-9H2,1H3,(H,21,24);1H/t14-,15+;/m1./s1. The molecule has 26 heavy (non-hydrogen) atoms. The summed E-state index contributed by atoms with van der Waals surface area (Å²) in [6, 6.07) is 6.24. The summed E-state index contributed by atoms with van der Waals surface area (Å²) in [5.74, 6) is -0.00497. The van der Waals surface area contributed by atoms with Crippen LogP contribution in [0.4, 0.5) is 8.78 Å². The van der Waals surface area contributed by atoms with Crippen LogP contribution < -0.4 is 15.4 Å². The van der Waals surface area contributed by atoms with Gasteiger partial charge in [-0.1, -0.05) is 12.1 Å². The molecule has 1 aliphatic rings. The van der Waals surface area contributed by atoms with E-state index in [1.165, 1.54) is 12.1 Å². The number of benzene rings is 1. The van der Waals surface area contributed by atoms with Gasteiger partial charge in [-0.05, 0) is 23.3 Å². The Kier molecular flexibility index (Phi) is 6.93. The number of aromatic nitrogens is 2. The molecule has 2 N–H and O–H groups in total. The summed E-state index contributed by atoms with van der Waals surface area (Å²) < 4.78 is 30.3. The van der Waals surface area contributed by atoms with Crippen LogP contribution in [0, 0.1) is 5.92 Å². The second-order valence-corrected chi connectivity index (χ2v) is 6.06. The molecule has 3 rings (SSSR count). The molecule has 0 unspecified atom stereocenters. The molecule has 1 fully saturated rings. The van der Waals surface area contributed by atoms with Gasteiger partial charge in [0.15, 0.2) is 0 Å². The van der Waals surface area contributed by atoms with E-state index in [0.29, 0.717) is 13.1 Å². The average molecular weight is 387 g/mol. The van der Waals surface area contributed by atoms with E-state index < -0.39 is 6.61 Å². The zero-order valence-electron chi connectivity index (χ0n) is 14.2. The van der Waals surface area contributed by atoms with Crippen molar-refractivity contribution in [3.63, 3.8) is 0 Å². The number of nitrogens with zero attached hydrogens (tertiary/aromatic N) is 2. The number of nitrogens with one attached hydrogen (secondary N) is 2. The second kappa shape index (κ2) is 8.95. The van der Waals surface area contributed by atoms with Crippen LogP contribution >= 0.6 is 12.4 Å². The Morgan fingerprint density at radius 1 is 1.38 bits per heavy atom. The van der Waals surface area contributed by atoms with Crippen molar-refractivity contribution in [3.05, 3.63) is 47.8 Å². The van der Waals surface area contributed by atoms with Crippen molar-refractivity contribution in [2.75, 3.05) is 13.1 Å². The quantitative estimate of drug-likeness (QED) is 0.797. The predicted molar refractivity (Wildman–Crippen MR) is 94.5 cm³/mol. The van der Waals surface area contributed by atoms with Crippen molar-refractivity contribution in [1.29, 1.82) is 0 Å². The lowest BCUT2D eigenvalue weighted by atomic mass is 9.90. The molecule has 2 atom stereocenters. The van der Waals surface area contributed by atoms with Crippen LogP contribution in [0.2, 0.25) is 0 Å². The number of alkyl halides is 2. The first-order valence-electron chi connectivity index (χ1n) is 8.03. The number of carbonyl (C=O) groups is 1. The lowest BCUT2D eigenvalue weighted by molar-refractivity contribution is -0.125. The average Bonchev–Trinajstić information content (AvgIpc) is 3.22. The first-order chi connectivity index (χ1) is 12.0.